The summed E-state index contributed by atoms with van der Waals surface area (Å²) < 4.78 is 7.72. The minimum absolute atomic E-state index is 0.0558. The third-order valence-corrected chi connectivity index (χ3v) is 6.91. The SMILES string of the molecule is COc1ccc(N2C(=S)N[C@@H](c3ccccn3)[C@@H]2c2cc(C)n(-c3ccccc3C)c2C)cc1. The molecule has 0 spiro atoms. The first-order valence-electron chi connectivity index (χ1n) is 11.4. The normalized spacial score (nSPS) is 17.6. The van der Waals surface area contributed by atoms with Crippen molar-refractivity contribution in [3.05, 3.63) is 107 Å². The highest BCUT2D eigenvalue weighted by atomic mass is 32.1. The molecular formula is C28H28N4OS. The highest BCUT2D eigenvalue weighted by Crippen LogP contribution is 2.44. The molecule has 1 aliphatic rings. The van der Waals surface area contributed by atoms with Crippen LogP contribution in [0.4, 0.5) is 5.69 Å². The van der Waals surface area contributed by atoms with E-state index in [0.29, 0.717) is 5.11 Å². The molecule has 1 saturated heterocycles. The van der Waals surface area contributed by atoms with Crippen molar-refractivity contribution in [1.29, 1.82) is 0 Å². The summed E-state index contributed by atoms with van der Waals surface area (Å²) in [6, 6.07) is 24.7. The average Bonchev–Trinajstić information content (AvgIpc) is 3.35. The number of thiocarbonyl (C=S) groups is 1. The maximum Gasteiger partial charge on any atom is 0.174 e. The number of rotatable bonds is 5. The summed E-state index contributed by atoms with van der Waals surface area (Å²) in [7, 11) is 1.68. The molecule has 2 aromatic heterocycles. The Morgan fingerprint density at radius 2 is 1.68 bits per heavy atom. The van der Waals surface area contributed by atoms with Crippen molar-refractivity contribution >= 4 is 23.0 Å². The molecule has 172 valence electrons. The fourth-order valence-electron chi connectivity index (χ4n) is 4.96. The molecule has 34 heavy (non-hydrogen) atoms. The second-order valence-corrected chi connectivity index (χ2v) is 9.03. The number of aryl methyl sites for hydroxylation is 2. The van der Waals surface area contributed by atoms with Gasteiger partial charge in [-0.15, -0.1) is 0 Å². The van der Waals surface area contributed by atoms with Gasteiger partial charge in [-0.05, 0) is 92.6 Å². The van der Waals surface area contributed by atoms with Crippen molar-refractivity contribution in [1.82, 2.24) is 14.9 Å². The first-order valence-corrected chi connectivity index (χ1v) is 11.8. The molecule has 5 nitrogen and oxygen atoms in total. The number of para-hydroxylation sites is 1. The lowest BCUT2D eigenvalue weighted by Gasteiger charge is -2.28. The lowest BCUT2D eigenvalue weighted by molar-refractivity contribution is 0.415. The van der Waals surface area contributed by atoms with E-state index in [0.717, 1.165) is 17.1 Å². The number of aromatic nitrogens is 2. The van der Waals surface area contributed by atoms with Gasteiger partial charge in [-0.2, -0.15) is 0 Å². The first-order chi connectivity index (χ1) is 16.5. The number of pyridine rings is 1. The van der Waals surface area contributed by atoms with Gasteiger partial charge in [0.15, 0.2) is 5.11 Å². The van der Waals surface area contributed by atoms with Crippen molar-refractivity contribution in [2.45, 2.75) is 32.9 Å². The molecular weight excluding hydrogens is 440 g/mol. The fraction of sp³-hybridized carbons (Fsp3) is 0.214. The number of hydrogen-bond acceptors (Lipinski definition) is 3. The van der Waals surface area contributed by atoms with Crippen LogP contribution in [0.15, 0.2) is 79.0 Å². The van der Waals surface area contributed by atoms with Crippen LogP contribution in [-0.2, 0) is 0 Å². The molecule has 6 heteroatoms. The van der Waals surface area contributed by atoms with E-state index in [-0.39, 0.29) is 12.1 Å². The molecule has 0 unspecified atom stereocenters. The van der Waals surface area contributed by atoms with Crippen molar-refractivity contribution in [3.63, 3.8) is 0 Å². The minimum Gasteiger partial charge on any atom is -0.497 e. The standard InChI is InChI=1S/C28H28N4OS/c1-18-9-5-6-11-25(18)31-19(2)17-23(20(31)3)27-26(24-10-7-8-16-29-24)30-28(34)32(27)21-12-14-22(33-4)15-13-21/h5-17,26-27H,1-4H3,(H,30,34)/t26-,27-/m0/s1. The Kier molecular flexibility index (Phi) is 5.84. The number of anilines is 1. The zero-order valence-corrected chi connectivity index (χ0v) is 20.6. The van der Waals surface area contributed by atoms with Crippen LogP contribution < -0.4 is 15.0 Å². The van der Waals surface area contributed by atoms with Crippen LogP contribution >= 0.6 is 12.2 Å². The van der Waals surface area contributed by atoms with E-state index in [1.807, 2.05) is 30.5 Å². The number of nitrogens with one attached hydrogen (secondary N) is 1. The van der Waals surface area contributed by atoms with Gasteiger partial charge in [-0.25, -0.2) is 0 Å². The van der Waals surface area contributed by atoms with E-state index in [4.69, 9.17) is 17.0 Å². The highest BCUT2D eigenvalue weighted by molar-refractivity contribution is 7.80. The number of benzene rings is 2. The summed E-state index contributed by atoms with van der Waals surface area (Å²) in [5.41, 5.74) is 8.03. The Labute approximate surface area is 206 Å². The first kappa shape index (κ1) is 22.2. The molecule has 3 heterocycles. The third kappa shape index (κ3) is 3.74. The zero-order chi connectivity index (χ0) is 23.8. The van der Waals surface area contributed by atoms with Gasteiger partial charge in [-0.1, -0.05) is 24.3 Å². The lowest BCUT2D eigenvalue weighted by Crippen LogP contribution is -2.29. The van der Waals surface area contributed by atoms with Crippen molar-refractivity contribution in [3.8, 4) is 11.4 Å². The Hall–Kier alpha value is -3.64. The Morgan fingerprint density at radius 3 is 2.35 bits per heavy atom. The summed E-state index contributed by atoms with van der Waals surface area (Å²) in [6.07, 6.45) is 1.84. The molecule has 2 aromatic carbocycles. The molecule has 0 radical (unpaired) electrons. The van der Waals surface area contributed by atoms with Crippen LogP contribution in [0.5, 0.6) is 5.75 Å². The van der Waals surface area contributed by atoms with Gasteiger partial charge in [-0.3, -0.25) is 4.98 Å². The number of hydrogen-bond donors (Lipinski definition) is 1. The summed E-state index contributed by atoms with van der Waals surface area (Å²) in [5.74, 6) is 0.817. The van der Waals surface area contributed by atoms with E-state index >= 15 is 0 Å². The Balaban J connectivity index is 1.68. The second kappa shape index (κ2) is 8.95. The van der Waals surface area contributed by atoms with E-state index in [2.05, 4.69) is 89.1 Å². The summed E-state index contributed by atoms with van der Waals surface area (Å²) in [6.45, 7) is 6.51. The van der Waals surface area contributed by atoms with Crippen molar-refractivity contribution < 1.29 is 4.74 Å². The third-order valence-electron chi connectivity index (χ3n) is 6.59. The smallest absolute Gasteiger partial charge is 0.174 e. The minimum atomic E-state index is -0.0818. The maximum absolute atomic E-state index is 5.88. The number of ether oxygens (including phenoxy) is 1. The molecule has 5 rings (SSSR count). The van der Waals surface area contributed by atoms with E-state index in [1.54, 1.807) is 7.11 Å². The van der Waals surface area contributed by atoms with Gasteiger partial charge >= 0.3 is 0 Å². The predicted molar refractivity (Wildman–Crippen MR) is 141 cm³/mol. The van der Waals surface area contributed by atoms with Crippen LogP contribution in [0.1, 0.15) is 40.3 Å². The molecule has 0 aliphatic carbocycles. The summed E-state index contributed by atoms with van der Waals surface area (Å²) in [5, 5.41) is 4.24. The van der Waals surface area contributed by atoms with Crippen LogP contribution in [0.2, 0.25) is 0 Å². The number of methoxy groups -OCH3 is 1. The quantitative estimate of drug-likeness (QED) is 0.365. The topological polar surface area (TPSA) is 42.3 Å². The van der Waals surface area contributed by atoms with E-state index in [9.17, 15) is 0 Å². The molecule has 1 fully saturated rings. The van der Waals surface area contributed by atoms with Crippen LogP contribution in [0.25, 0.3) is 5.69 Å². The molecule has 1 N–H and O–H groups in total. The van der Waals surface area contributed by atoms with Crippen LogP contribution in [-0.4, -0.2) is 21.8 Å². The molecule has 0 saturated carbocycles. The van der Waals surface area contributed by atoms with Gasteiger partial charge < -0.3 is 19.5 Å². The fourth-order valence-corrected chi connectivity index (χ4v) is 5.31. The van der Waals surface area contributed by atoms with Gasteiger partial charge in [0, 0.05) is 29.0 Å². The molecule has 0 bridgehead atoms. The van der Waals surface area contributed by atoms with Crippen LogP contribution in [0, 0.1) is 20.8 Å². The summed E-state index contributed by atoms with van der Waals surface area (Å²) >= 11 is 5.88. The zero-order valence-electron chi connectivity index (χ0n) is 19.8. The van der Waals surface area contributed by atoms with Crippen molar-refractivity contribution in [2.24, 2.45) is 0 Å². The second-order valence-electron chi connectivity index (χ2n) is 8.64. The molecule has 0 amide bonds. The molecule has 4 aromatic rings. The predicted octanol–water partition coefficient (Wildman–Crippen LogP) is 5.98. The van der Waals surface area contributed by atoms with Gasteiger partial charge in [0.05, 0.1) is 24.9 Å². The van der Waals surface area contributed by atoms with E-state index in [1.165, 1.54) is 28.2 Å². The molecule has 1 aliphatic heterocycles. The Bertz CT molecular complexity index is 1330. The average molecular weight is 469 g/mol. The van der Waals surface area contributed by atoms with Crippen molar-refractivity contribution in [2.75, 3.05) is 12.0 Å². The highest BCUT2D eigenvalue weighted by Gasteiger charge is 2.42. The maximum atomic E-state index is 5.88. The molecule has 2 atom stereocenters. The van der Waals surface area contributed by atoms with Crippen LogP contribution in [0.3, 0.4) is 0 Å². The van der Waals surface area contributed by atoms with Gasteiger partial charge in [0.1, 0.15) is 5.75 Å². The van der Waals surface area contributed by atoms with E-state index < -0.39 is 0 Å². The van der Waals surface area contributed by atoms with Gasteiger partial charge in [0.25, 0.3) is 0 Å². The number of nitrogens with zero attached hydrogens (tertiary/aromatic N) is 3. The van der Waals surface area contributed by atoms with Gasteiger partial charge in [0.2, 0.25) is 0 Å². The monoisotopic (exact) mass is 468 g/mol. The Morgan fingerprint density at radius 1 is 0.941 bits per heavy atom. The lowest BCUT2D eigenvalue weighted by atomic mass is 9.96. The largest absolute Gasteiger partial charge is 0.497 e. The summed E-state index contributed by atoms with van der Waals surface area (Å²) in [4.78, 5) is 6.89.